The number of hydrogen-bond donors (Lipinski definition) is 1. The Morgan fingerprint density at radius 2 is 2.07 bits per heavy atom. The fourth-order valence-electron chi connectivity index (χ4n) is 2.56. The number of nitrogens with zero attached hydrogens (tertiary/aromatic N) is 2. The Labute approximate surface area is 181 Å². The maximum atomic E-state index is 12.4. The number of likely N-dealkylation sites (N-methyl/N-ethyl adjacent to an activating group) is 1. The maximum absolute atomic E-state index is 12.4. The van der Waals surface area contributed by atoms with E-state index in [1.54, 1.807) is 37.5 Å². The summed E-state index contributed by atoms with van der Waals surface area (Å²) in [7, 11) is 3.07. The van der Waals surface area contributed by atoms with Crippen LogP contribution in [0.1, 0.15) is 24.5 Å². The number of hydrogen-bond acceptors (Lipinski definition) is 5. The molecule has 1 aromatic heterocycles. The molecule has 2 rings (SSSR count). The van der Waals surface area contributed by atoms with Crippen molar-refractivity contribution in [1.29, 1.82) is 0 Å². The average Bonchev–Trinajstić information content (AvgIpc) is 2.70. The molecule has 0 spiro atoms. The first-order chi connectivity index (χ1) is 14.3. The van der Waals surface area contributed by atoms with Gasteiger partial charge in [0.25, 0.3) is 0 Å². The second-order valence-electron chi connectivity index (χ2n) is 6.68. The summed E-state index contributed by atoms with van der Waals surface area (Å²) in [6, 6.07) is 7.01. The molecule has 0 aliphatic carbocycles. The van der Waals surface area contributed by atoms with Gasteiger partial charge in [0.2, 0.25) is 11.8 Å². The van der Waals surface area contributed by atoms with Gasteiger partial charge in [-0.15, -0.1) is 0 Å². The summed E-state index contributed by atoms with van der Waals surface area (Å²) in [5.74, 6) is 0.747. The predicted molar refractivity (Wildman–Crippen MR) is 118 cm³/mol. The Kier molecular flexibility index (Phi) is 8.68. The van der Waals surface area contributed by atoms with Crippen molar-refractivity contribution in [3.05, 3.63) is 52.7 Å². The third kappa shape index (κ3) is 6.77. The van der Waals surface area contributed by atoms with Crippen LogP contribution < -0.4 is 14.8 Å². The zero-order valence-corrected chi connectivity index (χ0v) is 18.3. The Morgan fingerprint density at radius 1 is 1.30 bits per heavy atom. The second-order valence-corrected chi connectivity index (χ2v) is 7.08. The zero-order valence-electron chi connectivity index (χ0n) is 17.6. The minimum atomic E-state index is -0.334. The molecule has 2 amide bonds. The number of methoxy groups -OCH3 is 1. The Bertz CT molecular complexity index is 931. The highest BCUT2D eigenvalue weighted by Crippen LogP contribution is 2.36. The third-order valence-corrected chi connectivity index (χ3v) is 4.34. The normalized spacial score (nSPS) is 10.7. The topological polar surface area (TPSA) is 80.8 Å². The SMILES string of the molecule is CCCOc1c(Cl)cc(/C=C/C(=O)N(C)CC(=O)Nc2cc(C)ccn2)cc1OC. The molecular formula is C22H26ClN3O4. The number of carbonyl (C=O) groups excluding carboxylic acids is 2. The lowest BCUT2D eigenvalue weighted by molar-refractivity contribution is -0.129. The molecule has 0 aliphatic rings. The molecule has 0 fully saturated rings. The highest BCUT2D eigenvalue weighted by atomic mass is 35.5. The number of aryl methyl sites for hydroxylation is 1. The summed E-state index contributed by atoms with van der Waals surface area (Å²) in [6.07, 6.45) is 5.43. The Balaban J connectivity index is 2.00. The van der Waals surface area contributed by atoms with Crippen molar-refractivity contribution in [2.45, 2.75) is 20.3 Å². The first-order valence-electron chi connectivity index (χ1n) is 9.50. The van der Waals surface area contributed by atoms with Gasteiger partial charge in [0.05, 0.1) is 25.3 Å². The van der Waals surface area contributed by atoms with E-state index in [-0.39, 0.29) is 18.4 Å². The van der Waals surface area contributed by atoms with Crippen LogP contribution in [0.5, 0.6) is 11.5 Å². The first kappa shape index (κ1) is 23.2. The zero-order chi connectivity index (χ0) is 22.1. The number of nitrogens with one attached hydrogen (secondary N) is 1. The van der Waals surface area contributed by atoms with Crippen LogP contribution in [0.3, 0.4) is 0 Å². The number of aromatic nitrogens is 1. The van der Waals surface area contributed by atoms with Crippen LogP contribution in [-0.2, 0) is 9.59 Å². The van der Waals surface area contributed by atoms with Gasteiger partial charge in [-0.25, -0.2) is 4.98 Å². The van der Waals surface area contributed by atoms with Crippen LogP contribution >= 0.6 is 11.6 Å². The smallest absolute Gasteiger partial charge is 0.246 e. The minimum Gasteiger partial charge on any atom is -0.493 e. The number of pyridine rings is 1. The van der Waals surface area contributed by atoms with Crippen molar-refractivity contribution in [1.82, 2.24) is 9.88 Å². The first-order valence-corrected chi connectivity index (χ1v) is 9.87. The number of carbonyl (C=O) groups is 2. The van der Waals surface area contributed by atoms with E-state index in [2.05, 4.69) is 10.3 Å². The molecule has 1 heterocycles. The molecule has 0 unspecified atom stereocenters. The predicted octanol–water partition coefficient (Wildman–Crippen LogP) is 3.95. The molecule has 30 heavy (non-hydrogen) atoms. The number of ether oxygens (including phenoxy) is 2. The molecule has 0 bridgehead atoms. The number of anilines is 1. The van der Waals surface area contributed by atoms with E-state index < -0.39 is 0 Å². The summed E-state index contributed by atoms with van der Waals surface area (Å²) < 4.78 is 11.0. The van der Waals surface area contributed by atoms with Crippen molar-refractivity contribution in [2.75, 3.05) is 32.6 Å². The van der Waals surface area contributed by atoms with Crippen LogP contribution in [-0.4, -0.2) is 49.0 Å². The molecule has 0 radical (unpaired) electrons. The summed E-state index contributed by atoms with van der Waals surface area (Å²) in [5.41, 5.74) is 1.66. The van der Waals surface area contributed by atoms with Gasteiger partial charge in [0.1, 0.15) is 5.82 Å². The molecule has 8 heteroatoms. The molecular weight excluding hydrogens is 406 g/mol. The van der Waals surface area contributed by atoms with Crippen molar-refractivity contribution >= 4 is 35.3 Å². The summed E-state index contributed by atoms with van der Waals surface area (Å²) in [5, 5.41) is 3.07. The molecule has 0 saturated heterocycles. The van der Waals surface area contributed by atoms with Crippen LogP contribution in [0.4, 0.5) is 5.82 Å². The Hall–Kier alpha value is -3.06. The van der Waals surface area contributed by atoms with Crippen molar-refractivity contribution in [3.63, 3.8) is 0 Å². The maximum Gasteiger partial charge on any atom is 0.246 e. The molecule has 1 N–H and O–H groups in total. The summed E-state index contributed by atoms with van der Waals surface area (Å²) >= 11 is 6.29. The van der Waals surface area contributed by atoms with Gasteiger partial charge in [-0.2, -0.15) is 0 Å². The van der Waals surface area contributed by atoms with Crippen molar-refractivity contribution < 1.29 is 19.1 Å². The highest BCUT2D eigenvalue weighted by molar-refractivity contribution is 6.32. The minimum absolute atomic E-state index is 0.104. The van der Waals surface area contributed by atoms with E-state index in [4.69, 9.17) is 21.1 Å². The average molecular weight is 432 g/mol. The number of halogens is 1. The summed E-state index contributed by atoms with van der Waals surface area (Å²) in [4.78, 5) is 29.9. The van der Waals surface area contributed by atoms with Crippen molar-refractivity contribution in [3.8, 4) is 11.5 Å². The number of benzene rings is 1. The van der Waals surface area contributed by atoms with E-state index in [1.807, 2.05) is 19.9 Å². The van der Waals surface area contributed by atoms with Gasteiger partial charge >= 0.3 is 0 Å². The molecule has 1 aromatic carbocycles. The summed E-state index contributed by atoms with van der Waals surface area (Å²) in [6.45, 7) is 4.32. The van der Waals surface area contributed by atoms with E-state index in [1.165, 1.54) is 18.1 Å². The van der Waals surface area contributed by atoms with Crippen LogP contribution in [0.2, 0.25) is 5.02 Å². The molecule has 160 valence electrons. The monoisotopic (exact) mass is 431 g/mol. The largest absolute Gasteiger partial charge is 0.493 e. The van der Waals surface area contributed by atoms with Gasteiger partial charge < -0.3 is 19.7 Å². The van der Waals surface area contributed by atoms with E-state index >= 15 is 0 Å². The fourth-order valence-corrected chi connectivity index (χ4v) is 2.83. The van der Waals surface area contributed by atoms with Crippen molar-refractivity contribution in [2.24, 2.45) is 0 Å². The quantitative estimate of drug-likeness (QED) is 0.608. The van der Waals surface area contributed by atoms with Gasteiger partial charge in [-0.3, -0.25) is 9.59 Å². The number of rotatable bonds is 9. The van der Waals surface area contributed by atoms with Gasteiger partial charge in [-0.05, 0) is 54.8 Å². The van der Waals surface area contributed by atoms with E-state index in [0.29, 0.717) is 34.5 Å². The lowest BCUT2D eigenvalue weighted by Gasteiger charge is -2.15. The standard InChI is InChI=1S/C22H26ClN3O4/c1-5-10-30-22-17(23)12-16(13-18(22)29-4)6-7-21(28)26(3)14-20(27)25-19-11-15(2)8-9-24-19/h6-9,11-13H,5,10,14H2,1-4H3,(H,24,25,27)/b7-6+. The third-order valence-electron chi connectivity index (χ3n) is 4.06. The van der Waals surface area contributed by atoms with E-state index in [0.717, 1.165) is 12.0 Å². The van der Waals surface area contributed by atoms with Gasteiger partial charge in [0.15, 0.2) is 11.5 Å². The molecule has 2 aromatic rings. The second kappa shape index (κ2) is 11.2. The van der Waals surface area contributed by atoms with E-state index in [9.17, 15) is 9.59 Å². The molecule has 0 aliphatic heterocycles. The van der Waals surface area contributed by atoms with Crippen LogP contribution in [0.15, 0.2) is 36.5 Å². The van der Waals surface area contributed by atoms with Gasteiger partial charge in [0, 0.05) is 19.3 Å². The lowest BCUT2D eigenvalue weighted by atomic mass is 10.2. The lowest BCUT2D eigenvalue weighted by Crippen LogP contribution is -2.34. The highest BCUT2D eigenvalue weighted by Gasteiger charge is 2.13. The molecule has 0 atom stereocenters. The van der Waals surface area contributed by atoms with Gasteiger partial charge in [-0.1, -0.05) is 18.5 Å². The molecule has 0 saturated carbocycles. The number of amides is 2. The van der Waals surface area contributed by atoms with Crippen LogP contribution in [0, 0.1) is 6.92 Å². The van der Waals surface area contributed by atoms with Crippen LogP contribution in [0.25, 0.3) is 6.08 Å². The molecule has 7 nitrogen and oxygen atoms in total. The fraction of sp³-hybridized carbons (Fsp3) is 0.318. The Morgan fingerprint density at radius 3 is 2.73 bits per heavy atom.